The molecule has 0 aromatic heterocycles. The van der Waals surface area contributed by atoms with E-state index >= 15 is 0 Å². The summed E-state index contributed by atoms with van der Waals surface area (Å²) < 4.78 is 5.60. The maximum Gasteiger partial charge on any atom is 0.239 e. The summed E-state index contributed by atoms with van der Waals surface area (Å²) in [6, 6.07) is -0.395. The molecular formula is C12H25ClN2O2. The highest BCUT2D eigenvalue weighted by Gasteiger charge is 2.24. The van der Waals surface area contributed by atoms with Crippen LogP contribution in [-0.2, 0) is 9.53 Å². The lowest BCUT2D eigenvalue weighted by Gasteiger charge is -2.29. The van der Waals surface area contributed by atoms with E-state index in [1.165, 1.54) is 6.42 Å². The summed E-state index contributed by atoms with van der Waals surface area (Å²) in [4.78, 5) is 13.6. The Bertz CT molecular complexity index is 231. The minimum Gasteiger partial charge on any atom is -0.376 e. The lowest BCUT2D eigenvalue weighted by molar-refractivity contribution is -0.134. The van der Waals surface area contributed by atoms with Gasteiger partial charge in [0.15, 0.2) is 0 Å². The third kappa shape index (κ3) is 5.23. The number of amides is 1. The van der Waals surface area contributed by atoms with Crippen LogP contribution in [0.1, 0.15) is 33.1 Å². The van der Waals surface area contributed by atoms with Gasteiger partial charge in [-0.2, -0.15) is 0 Å². The van der Waals surface area contributed by atoms with Crippen molar-refractivity contribution in [2.75, 3.05) is 20.2 Å². The largest absolute Gasteiger partial charge is 0.376 e. The van der Waals surface area contributed by atoms with Crippen LogP contribution in [-0.4, -0.2) is 43.2 Å². The van der Waals surface area contributed by atoms with E-state index in [4.69, 9.17) is 10.5 Å². The first-order valence-corrected chi connectivity index (χ1v) is 6.14. The number of likely N-dealkylation sites (N-methyl/N-ethyl adjacent to an activating group) is 1. The molecule has 1 rings (SSSR count). The van der Waals surface area contributed by atoms with Crippen molar-refractivity contribution in [2.45, 2.75) is 45.3 Å². The van der Waals surface area contributed by atoms with E-state index in [2.05, 4.69) is 0 Å². The number of hydrogen-bond donors (Lipinski definition) is 1. The molecule has 2 atom stereocenters. The van der Waals surface area contributed by atoms with Gasteiger partial charge in [0.05, 0.1) is 12.1 Å². The van der Waals surface area contributed by atoms with Crippen LogP contribution in [0.15, 0.2) is 0 Å². The molecule has 1 aliphatic heterocycles. The second-order valence-electron chi connectivity index (χ2n) is 4.98. The quantitative estimate of drug-likeness (QED) is 0.836. The molecule has 1 unspecified atom stereocenters. The first-order chi connectivity index (χ1) is 7.52. The first-order valence-electron chi connectivity index (χ1n) is 6.14. The van der Waals surface area contributed by atoms with Crippen molar-refractivity contribution >= 4 is 18.3 Å². The maximum atomic E-state index is 11.9. The normalized spacial score (nSPS) is 21.8. The smallest absolute Gasteiger partial charge is 0.239 e. The Morgan fingerprint density at radius 2 is 2.12 bits per heavy atom. The molecule has 0 bridgehead atoms. The molecule has 1 saturated heterocycles. The summed E-state index contributed by atoms with van der Waals surface area (Å²) in [5.74, 6) is 0.200. The minimum atomic E-state index is -0.395. The molecule has 1 fully saturated rings. The van der Waals surface area contributed by atoms with Crippen LogP contribution in [0.2, 0.25) is 0 Å². The molecule has 0 aromatic rings. The Hall–Kier alpha value is -0.320. The van der Waals surface area contributed by atoms with Gasteiger partial charge in [0.25, 0.3) is 0 Å². The Morgan fingerprint density at radius 3 is 2.59 bits per heavy atom. The Morgan fingerprint density at radius 1 is 1.47 bits per heavy atom. The maximum absolute atomic E-state index is 11.9. The molecule has 2 N–H and O–H groups in total. The van der Waals surface area contributed by atoms with Crippen LogP contribution >= 0.6 is 12.4 Å². The molecule has 0 aromatic carbocycles. The van der Waals surface area contributed by atoms with Gasteiger partial charge in [-0.15, -0.1) is 12.4 Å². The molecule has 0 radical (unpaired) electrons. The van der Waals surface area contributed by atoms with Crippen molar-refractivity contribution in [2.24, 2.45) is 11.7 Å². The van der Waals surface area contributed by atoms with Crippen molar-refractivity contribution in [3.05, 3.63) is 0 Å². The highest BCUT2D eigenvalue weighted by atomic mass is 35.5. The highest BCUT2D eigenvalue weighted by Crippen LogP contribution is 2.14. The van der Waals surface area contributed by atoms with Crippen molar-refractivity contribution in [1.82, 2.24) is 4.90 Å². The number of nitrogens with zero attached hydrogens (tertiary/aromatic N) is 1. The van der Waals surface area contributed by atoms with Crippen molar-refractivity contribution in [3.8, 4) is 0 Å². The fourth-order valence-electron chi connectivity index (χ4n) is 1.89. The molecule has 4 nitrogen and oxygen atoms in total. The van der Waals surface area contributed by atoms with Crippen LogP contribution in [0.3, 0.4) is 0 Å². The molecule has 5 heteroatoms. The number of carbonyl (C=O) groups excluding carboxylic acids is 1. The van der Waals surface area contributed by atoms with Crippen molar-refractivity contribution in [3.63, 3.8) is 0 Å². The second kappa shape index (κ2) is 7.90. The summed E-state index contributed by atoms with van der Waals surface area (Å²) in [6.45, 7) is 5.42. The average Bonchev–Trinajstić information content (AvgIpc) is 2.28. The predicted octanol–water partition coefficient (Wildman–Crippen LogP) is 1.42. The number of halogens is 1. The van der Waals surface area contributed by atoms with Crippen LogP contribution in [0.25, 0.3) is 0 Å². The Kier molecular flexibility index (Phi) is 7.75. The van der Waals surface area contributed by atoms with E-state index < -0.39 is 6.04 Å². The third-order valence-electron chi connectivity index (χ3n) is 3.13. The molecular weight excluding hydrogens is 240 g/mol. The van der Waals surface area contributed by atoms with E-state index in [1.807, 2.05) is 20.9 Å². The van der Waals surface area contributed by atoms with Gasteiger partial charge in [-0.3, -0.25) is 4.79 Å². The molecule has 102 valence electrons. The summed E-state index contributed by atoms with van der Waals surface area (Å²) in [5.41, 5.74) is 5.83. The van der Waals surface area contributed by atoms with Gasteiger partial charge >= 0.3 is 0 Å². The zero-order chi connectivity index (χ0) is 12.1. The Balaban J connectivity index is 0.00000256. The van der Waals surface area contributed by atoms with Gasteiger partial charge in [0.1, 0.15) is 0 Å². The number of hydrogen-bond acceptors (Lipinski definition) is 3. The summed E-state index contributed by atoms with van der Waals surface area (Å²) in [6.07, 6.45) is 3.58. The fraction of sp³-hybridized carbons (Fsp3) is 0.917. The first kappa shape index (κ1) is 16.7. The SMILES string of the molecule is CC(C)[C@@H](N)C(=O)N(C)CC1CCCCO1.Cl. The molecule has 1 aliphatic rings. The van der Waals surface area contributed by atoms with Crippen LogP contribution < -0.4 is 5.73 Å². The van der Waals surface area contributed by atoms with E-state index in [9.17, 15) is 4.79 Å². The highest BCUT2D eigenvalue weighted by molar-refractivity contribution is 5.85. The summed E-state index contributed by atoms with van der Waals surface area (Å²) >= 11 is 0. The van der Waals surface area contributed by atoms with Gasteiger partial charge in [0.2, 0.25) is 5.91 Å². The van der Waals surface area contributed by atoms with E-state index in [1.54, 1.807) is 4.90 Å². The van der Waals surface area contributed by atoms with Crippen molar-refractivity contribution in [1.29, 1.82) is 0 Å². The van der Waals surface area contributed by atoms with E-state index in [0.717, 1.165) is 19.4 Å². The second-order valence-corrected chi connectivity index (χ2v) is 4.98. The summed E-state index contributed by atoms with van der Waals surface area (Å²) in [7, 11) is 1.81. The number of rotatable bonds is 4. The molecule has 0 saturated carbocycles. The van der Waals surface area contributed by atoms with E-state index in [-0.39, 0.29) is 30.3 Å². The number of carbonyl (C=O) groups is 1. The molecule has 17 heavy (non-hydrogen) atoms. The lowest BCUT2D eigenvalue weighted by Crippen LogP contribution is -2.47. The molecule has 0 aliphatic carbocycles. The monoisotopic (exact) mass is 264 g/mol. The van der Waals surface area contributed by atoms with Crippen molar-refractivity contribution < 1.29 is 9.53 Å². The molecule has 0 spiro atoms. The van der Waals surface area contributed by atoms with Crippen LogP contribution in [0, 0.1) is 5.92 Å². The van der Waals surface area contributed by atoms with Crippen LogP contribution in [0.4, 0.5) is 0 Å². The molecule has 1 heterocycles. The zero-order valence-electron chi connectivity index (χ0n) is 11.0. The predicted molar refractivity (Wildman–Crippen MR) is 71.3 cm³/mol. The van der Waals surface area contributed by atoms with E-state index in [0.29, 0.717) is 6.54 Å². The molecule has 1 amide bonds. The van der Waals surface area contributed by atoms with Gasteiger partial charge < -0.3 is 15.4 Å². The van der Waals surface area contributed by atoms with Gasteiger partial charge in [-0.25, -0.2) is 0 Å². The van der Waals surface area contributed by atoms with Crippen LogP contribution in [0.5, 0.6) is 0 Å². The number of nitrogens with two attached hydrogens (primary N) is 1. The van der Waals surface area contributed by atoms with Gasteiger partial charge in [-0.1, -0.05) is 13.8 Å². The standard InChI is InChI=1S/C12H24N2O2.ClH/c1-9(2)11(13)12(15)14(3)8-10-6-4-5-7-16-10;/h9-11H,4-8,13H2,1-3H3;1H/t10?,11-;/m1./s1. The fourth-order valence-corrected chi connectivity index (χ4v) is 1.89. The summed E-state index contributed by atoms with van der Waals surface area (Å²) in [5, 5.41) is 0. The average molecular weight is 265 g/mol. The Labute approximate surface area is 110 Å². The minimum absolute atomic E-state index is 0. The zero-order valence-corrected chi connectivity index (χ0v) is 11.8. The van der Waals surface area contributed by atoms with Gasteiger partial charge in [0, 0.05) is 20.2 Å². The van der Waals surface area contributed by atoms with Gasteiger partial charge in [-0.05, 0) is 25.2 Å². The topological polar surface area (TPSA) is 55.6 Å². The number of ether oxygens (including phenoxy) is 1. The lowest BCUT2D eigenvalue weighted by atomic mass is 10.0. The third-order valence-corrected chi connectivity index (χ3v) is 3.13.